The standard InChI is InChI=1S/C9H20N2O/c1-3-11(2)9(8-10)4-6-12-7-5-9/h3-8,10H2,1-2H3. The molecule has 0 aromatic heterocycles. The Kier molecular flexibility index (Phi) is 3.50. The molecule has 3 heteroatoms. The summed E-state index contributed by atoms with van der Waals surface area (Å²) in [6, 6.07) is 0. The minimum atomic E-state index is 0.215. The summed E-state index contributed by atoms with van der Waals surface area (Å²) in [6.07, 6.45) is 2.15. The number of rotatable bonds is 3. The van der Waals surface area contributed by atoms with E-state index >= 15 is 0 Å². The highest BCUT2D eigenvalue weighted by molar-refractivity contribution is 4.91. The van der Waals surface area contributed by atoms with E-state index in [1.54, 1.807) is 0 Å². The minimum Gasteiger partial charge on any atom is -0.381 e. The van der Waals surface area contributed by atoms with E-state index in [-0.39, 0.29) is 5.54 Å². The Balaban J connectivity index is 2.59. The molecule has 0 aromatic carbocycles. The zero-order valence-corrected chi connectivity index (χ0v) is 8.18. The van der Waals surface area contributed by atoms with Crippen molar-refractivity contribution in [2.45, 2.75) is 25.3 Å². The Morgan fingerprint density at radius 3 is 2.42 bits per heavy atom. The Morgan fingerprint density at radius 1 is 1.42 bits per heavy atom. The number of hydrogen-bond acceptors (Lipinski definition) is 3. The molecule has 0 amide bonds. The summed E-state index contributed by atoms with van der Waals surface area (Å²) in [7, 11) is 2.15. The van der Waals surface area contributed by atoms with Crippen LogP contribution in [0.4, 0.5) is 0 Å². The molecule has 12 heavy (non-hydrogen) atoms. The fourth-order valence-corrected chi connectivity index (χ4v) is 1.83. The van der Waals surface area contributed by atoms with Crippen LogP contribution in [-0.4, -0.2) is 43.8 Å². The number of nitrogens with zero attached hydrogens (tertiary/aromatic N) is 1. The van der Waals surface area contributed by atoms with Crippen molar-refractivity contribution in [3.05, 3.63) is 0 Å². The van der Waals surface area contributed by atoms with Crippen LogP contribution in [0.15, 0.2) is 0 Å². The Morgan fingerprint density at radius 2 is 2.00 bits per heavy atom. The molecule has 0 aliphatic carbocycles. The molecule has 1 rings (SSSR count). The van der Waals surface area contributed by atoms with Crippen LogP contribution < -0.4 is 5.73 Å². The molecule has 2 N–H and O–H groups in total. The van der Waals surface area contributed by atoms with E-state index in [9.17, 15) is 0 Å². The van der Waals surface area contributed by atoms with Crippen molar-refractivity contribution in [3.8, 4) is 0 Å². The van der Waals surface area contributed by atoms with E-state index in [2.05, 4.69) is 18.9 Å². The predicted molar refractivity (Wildman–Crippen MR) is 50.1 cm³/mol. The maximum Gasteiger partial charge on any atom is 0.0484 e. The molecule has 0 saturated carbocycles. The van der Waals surface area contributed by atoms with Crippen LogP contribution >= 0.6 is 0 Å². The van der Waals surface area contributed by atoms with E-state index in [0.717, 1.165) is 39.1 Å². The molecule has 0 spiro atoms. The second kappa shape index (κ2) is 4.21. The second-order valence-corrected chi connectivity index (χ2v) is 3.56. The molecular weight excluding hydrogens is 152 g/mol. The summed E-state index contributed by atoms with van der Waals surface area (Å²) >= 11 is 0. The van der Waals surface area contributed by atoms with Gasteiger partial charge in [0, 0.05) is 25.3 Å². The summed E-state index contributed by atoms with van der Waals surface area (Å²) in [5.74, 6) is 0. The van der Waals surface area contributed by atoms with Gasteiger partial charge in [0.15, 0.2) is 0 Å². The van der Waals surface area contributed by atoms with E-state index in [1.807, 2.05) is 0 Å². The molecule has 0 atom stereocenters. The quantitative estimate of drug-likeness (QED) is 0.671. The number of hydrogen-bond donors (Lipinski definition) is 1. The molecule has 1 fully saturated rings. The van der Waals surface area contributed by atoms with Gasteiger partial charge in [-0.2, -0.15) is 0 Å². The van der Waals surface area contributed by atoms with Crippen molar-refractivity contribution in [2.75, 3.05) is 33.4 Å². The molecule has 1 heterocycles. The maximum absolute atomic E-state index is 5.82. The van der Waals surface area contributed by atoms with Gasteiger partial charge in [-0.05, 0) is 26.4 Å². The lowest BCUT2D eigenvalue weighted by molar-refractivity contribution is -0.0109. The average molecular weight is 172 g/mol. The minimum absolute atomic E-state index is 0.215. The van der Waals surface area contributed by atoms with Gasteiger partial charge in [-0.1, -0.05) is 6.92 Å². The third-order valence-corrected chi connectivity index (χ3v) is 3.09. The van der Waals surface area contributed by atoms with Gasteiger partial charge in [0.25, 0.3) is 0 Å². The first-order chi connectivity index (χ1) is 5.75. The summed E-state index contributed by atoms with van der Waals surface area (Å²) in [6.45, 7) is 5.72. The summed E-state index contributed by atoms with van der Waals surface area (Å²) in [4.78, 5) is 2.36. The van der Waals surface area contributed by atoms with Crippen LogP contribution in [0.5, 0.6) is 0 Å². The average Bonchev–Trinajstić information content (AvgIpc) is 2.17. The van der Waals surface area contributed by atoms with Gasteiger partial charge in [-0.15, -0.1) is 0 Å². The van der Waals surface area contributed by atoms with E-state index in [1.165, 1.54) is 0 Å². The number of ether oxygens (including phenoxy) is 1. The molecule has 1 saturated heterocycles. The topological polar surface area (TPSA) is 38.5 Å². The van der Waals surface area contributed by atoms with Crippen molar-refractivity contribution in [3.63, 3.8) is 0 Å². The fourth-order valence-electron chi connectivity index (χ4n) is 1.83. The molecule has 1 aliphatic rings. The van der Waals surface area contributed by atoms with Gasteiger partial charge in [0.2, 0.25) is 0 Å². The summed E-state index contributed by atoms with van der Waals surface area (Å²) in [5, 5.41) is 0. The van der Waals surface area contributed by atoms with E-state index < -0.39 is 0 Å². The Bertz CT molecular complexity index is 132. The van der Waals surface area contributed by atoms with Crippen molar-refractivity contribution >= 4 is 0 Å². The van der Waals surface area contributed by atoms with Gasteiger partial charge in [-0.3, -0.25) is 4.90 Å². The molecule has 3 nitrogen and oxygen atoms in total. The van der Waals surface area contributed by atoms with Crippen LogP contribution in [0.2, 0.25) is 0 Å². The monoisotopic (exact) mass is 172 g/mol. The van der Waals surface area contributed by atoms with E-state index in [4.69, 9.17) is 10.5 Å². The molecule has 0 radical (unpaired) electrons. The normalized spacial score (nSPS) is 23.0. The highest BCUT2D eigenvalue weighted by Crippen LogP contribution is 2.25. The Labute approximate surface area is 74.9 Å². The lowest BCUT2D eigenvalue weighted by atomic mass is 9.88. The van der Waals surface area contributed by atoms with Crippen molar-refractivity contribution < 1.29 is 4.74 Å². The first kappa shape index (κ1) is 9.96. The zero-order valence-electron chi connectivity index (χ0n) is 8.18. The van der Waals surface area contributed by atoms with Crippen LogP contribution in [0, 0.1) is 0 Å². The summed E-state index contributed by atoms with van der Waals surface area (Å²) < 4.78 is 5.34. The molecular formula is C9H20N2O. The van der Waals surface area contributed by atoms with Gasteiger partial charge < -0.3 is 10.5 Å². The Hall–Kier alpha value is -0.120. The molecule has 0 unspecified atom stereocenters. The largest absolute Gasteiger partial charge is 0.381 e. The summed E-state index contributed by atoms with van der Waals surface area (Å²) in [5.41, 5.74) is 6.03. The van der Waals surface area contributed by atoms with Crippen molar-refractivity contribution in [1.82, 2.24) is 4.90 Å². The van der Waals surface area contributed by atoms with Crippen LogP contribution in [0.25, 0.3) is 0 Å². The van der Waals surface area contributed by atoms with Gasteiger partial charge in [0.05, 0.1) is 0 Å². The third kappa shape index (κ3) is 1.79. The highest BCUT2D eigenvalue weighted by Gasteiger charge is 2.34. The number of nitrogens with two attached hydrogens (primary N) is 1. The SMILES string of the molecule is CCN(C)C1(CN)CCOCC1. The fraction of sp³-hybridized carbons (Fsp3) is 1.00. The molecule has 1 aliphatic heterocycles. The lowest BCUT2D eigenvalue weighted by Crippen LogP contribution is -2.55. The van der Waals surface area contributed by atoms with E-state index in [0.29, 0.717) is 0 Å². The highest BCUT2D eigenvalue weighted by atomic mass is 16.5. The van der Waals surface area contributed by atoms with Crippen LogP contribution in [0.1, 0.15) is 19.8 Å². The molecule has 0 bridgehead atoms. The lowest BCUT2D eigenvalue weighted by Gasteiger charge is -2.43. The first-order valence-corrected chi connectivity index (χ1v) is 4.74. The number of likely N-dealkylation sites (N-methyl/N-ethyl adjacent to an activating group) is 1. The van der Waals surface area contributed by atoms with Gasteiger partial charge in [-0.25, -0.2) is 0 Å². The van der Waals surface area contributed by atoms with Crippen LogP contribution in [0.3, 0.4) is 0 Å². The van der Waals surface area contributed by atoms with Crippen molar-refractivity contribution in [1.29, 1.82) is 0 Å². The van der Waals surface area contributed by atoms with Crippen LogP contribution in [-0.2, 0) is 4.74 Å². The maximum atomic E-state index is 5.82. The van der Waals surface area contributed by atoms with Gasteiger partial charge in [0.1, 0.15) is 0 Å². The van der Waals surface area contributed by atoms with Crippen molar-refractivity contribution in [2.24, 2.45) is 5.73 Å². The second-order valence-electron chi connectivity index (χ2n) is 3.56. The smallest absolute Gasteiger partial charge is 0.0484 e. The van der Waals surface area contributed by atoms with Gasteiger partial charge >= 0.3 is 0 Å². The molecule has 0 aromatic rings. The zero-order chi connectivity index (χ0) is 9.03. The molecule has 72 valence electrons. The predicted octanol–water partition coefficient (Wildman–Crippen LogP) is 0.446. The third-order valence-electron chi connectivity index (χ3n) is 3.09. The first-order valence-electron chi connectivity index (χ1n) is 4.74.